The van der Waals surface area contributed by atoms with Crippen LogP contribution in [0.15, 0.2) is 22.3 Å². The number of nitrogens with zero attached hydrogens (tertiary/aromatic N) is 3. The van der Waals surface area contributed by atoms with E-state index in [-0.39, 0.29) is 29.3 Å². The maximum Gasteiger partial charge on any atom is 0.256 e. The number of hydrogen-bond donors (Lipinski definition) is 1. The van der Waals surface area contributed by atoms with E-state index in [9.17, 15) is 14.4 Å². The van der Waals surface area contributed by atoms with Crippen molar-refractivity contribution in [2.24, 2.45) is 5.92 Å². The van der Waals surface area contributed by atoms with Crippen molar-refractivity contribution in [2.45, 2.75) is 57.5 Å². The van der Waals surface area contributed by atoms with Gasteiger partial charge in [-0.1, -0.05) is 6.07 Å². The molecular weight excluding hydrogens is 400 g/mol. The maximum atomic E-state index is 13.0. The largest absolute Gasteiger partial charge is 0.337 e. The van der Waals surface area contributed by atoms with E-state index >= 15 is 0 Å². The Labute approximate surface area is 179 Å². The van der Waals surface area contributed by atoms with Crippen LogP contribution in [0.5, 0.6) is 0 Å². The second-order valence-electron chi connectivity index (χ2n) is 8.52. The molecule has 1 atom stereocenters. The van der Waals surface area contributed by atoms with Crippen LogP contribution in [0.3, 0.4) is 0 Å². The van der Waals surface area contributed by atoms with Crippen molar-refractivity contribution in [1.29, 1.82) is 0 Å². The van der Waals surface area contributed by atoms with Crippen molar-refractivity contribution in [3.8, 4) is 0 Å². The first-order valence-electron chi connectivity index (χ1n) is 10.8. The Kier molecular flexibility index (Phi) is 5.18. The first-order chi connectivity index (χ1) is 14.6. The zero-order valence-electron chi connectivity index (χ0n) is 16.9. The molecule has 5 rings (SSSR count). The van der Waals surface area contributed by atoms with Gasteiger partial charge in [-0.25, -0.2) is 4.98 Å². The average molecular weight is 427 g/mol. The smallest absolute Gasteiger partial charge is 0.256 e. The SMILES string of the molecule is O=C(C1CC1)N1CCc2nc(C3CCCCN3C(=O)Cc3cccs3)[nH]c(=O)c2C1. The normalized spacial score (nSPS) is 21.4. The minimum atomic E-state index is -0.185. The van der Waals surface area contributed by atoms with Crippen molar-refractivity contribution in [1.82, 2.24) is 19.8 Å². The zero-order valence-corrected chi connectivity index (χ0v) is 17.7. The minimum absolute atomic E-state index is 0.0868. The Hall–Kier alpha value is -2.48. The lowest BCUT2D eigenvalue weighted by molar-refractivity contribution is -0.135. The van der Waals surface area contributed by atoms with E-state index in [2.05, 4.69) is 4.98 Å². The summed E-state index contributed by atoms with van der Waals surface area (Å²) < 4.78 is 0. The van der Waals surface area contributed by atoms with Crippen LogP contribution in [0.4, 0.5) is 0 Å². The highest BCUT2D eigenvalue weighted by atomic mass is 32.1. The van der Waals surface area contributed by atoms with Gasteiger partial charge in [0.05, 0.1) is 30.3 Å². The molecule has 30 heavy (non-hydrogen) atoms. The second-order valence-corrected chi connectivity index (χ2v) is 9.55. The van der Waals surface area contributed by atoms with Gasteiger partial charge in [0.1, 0.15) is 5.82 Å². The lowest BCUT2D eigenvalue weighted by atomic mass is 9.99. The molecule has 1 N–H and O–H groups in total. The molecule has 2 amide bonds. The fourth-order valence-electron chi connectivity index (χ4n) is 4.56. The van der Waals surface area contributed by atoms with Crippen LogP contribution < -0.4 is 5.56 Å². The minimum Gasteiger partial charge on any atom is -0.337 e. The molecule has 2 aromatic heterocycles. The van der Waals surface area contributed by atoms with Gasteiger partial charge in [0.25, 0.3) is 5.56 Å². The van der Waals surface area contributed by atoms with Crippen LogP contribution in [-0.2, 0) is 29.0 Å². The number of likely N-dealkylation sites (tertiary alicyclic amines) is 1. The summed E-state index contributed by atoms with van der Waals surface area (Å²) in [7, 11) is 0. The quantitative estimate of drug-likeness (QED) is 0.814. The van der Waals surface area contributed by atoms with E-state index in [1.165, 1.54) is 0 Å². The Morgan fingerprint density at radius 1 is 1.20 bits per heavy atom. The third kappa shape index (κ3) is 3.80. The highest BCUT2D eigenvalue weighted by molar-refractivity contribution is 7.10. The third-order valence-electron chi connectivity index (χ3n) is 6.37. The lowest BCUT2D eigenvalue weighted by Gasteiger charge is -2.36. The summed E-state index contributed by atoms with van der Waals surface area (Å²) in [5, 5.41) is 1.98. The van der Waals surface area contributed by atoms with Gasteiger partial charge in [0.2, 0.25) is 11.8 Å². The fraction of sp³-hybridized carbons (Fsp3) is 0.545. The van der Waals surface area contributed by atoms with Gasteiger partial charge in [0.15, 0.2) is 0 Å². The lowest BCUT2D eigenvalue weighted by Crippen LogP contribution is -2.43. The molecule has 1 saturated heterocycles. The second kappa shape index (κ2) is 7.98. The molecule has 158 valence electrons. The molecule has 1 aliphatic carbocycles. The topological polar surface area (TPSA) is 86.4 Å². The average Bonchev–Trinajstić information content (AvgIpc) is 3.50. The molecule has 1 saturated carbocycles. The fourth-order valence-corrected chi connectivity index (χ4v) is 5.25. The predicted molar refractivity (Wildman–Crippen MR) is 113 cm³/mol. The number of piperidine rings is 1. The molecule has 2 aliphatic heterocycles. The van der Waals surface area contributed by atoms with E-state index in [1.54, 1.807) is 16.2 Å². The number of fused-ring (bicyclic) bond motifs is 1. The van der Waals surface area contributed by atoms with Crippen LogP contribution >= 0.6 is 11.3 Å². The van der Waals surface area contributed by atoms with E-state index in [1.807, 2.05) is 22.4 Å². The predicted octanol–water partition coefficient (Wildman–Crippen LogP) is 2.42. The number of rotatable bonds is 4. The molecule has 2 fully saturated rings. The summed E-state index contributed by atoms with van der Waals surface area (Å²) in [6, 6.07) is 3.76. The molecule has 7 nitrogen and oxygen atoms in total. The number of aromatic amines is 1. The van der Waals surface area contributed by atoms with Gasteiger partial charge < -0.3 is 14.8 Å². The van der Waals surface area contributed by atoms with E-state index in [0.717, 1.165) is 42.7 Å². The maximum absolute atomic E-state index is 13.0. The molecule has 1 unspecified atom stereocenters. The summed E-state index contributed by atoms with van der Waals surface area (Å²) in [4.78, 5) is 50.7. The van der Waals surface area contributed by atoms with Crippen LogP contribution in [0.2, 0.25) is 0 Å². The van der Waals surface area contributed by atoms with Crippen molar-refractivity contribution >= 4 is 23.2 Å². The van der Waals surface area contributed by atoms with Crippen molar-refractivity contribution in [3.63, 3.8) is 0 Å². The molecule has 0 aromatic carbocycles. The Bertz CT molecular complexity index is 1010. The zero-order chi connectivity index (χ0) is 20.7. The van der Waals surface area contributed by atoms with E-state index in [4.69, 9.17) is 4.98 Å². The monoisotopic (exact) mass is 426 g/mol. The number of hydrogen-bond acceptors (Lipinski definition) is 5. The van der Waals surface area contributed by atoms with Crippen molar-refractivity contribution in [2.75, 3.05) is 13.1 Å². The summed E-state index contributed by atoms with van der Waals surface area (Å²) in [5.74, 6) is 1.01. The third-order valence-corrected chi connectivity index (χ3v) is 7.25. The number of carbonyl (C=O) groups is 2. The van der Waals surface area contributed by atoms with Crippen LogP contribution in [0.1, 0.15) is 60.1 Å². The summed E-state index contributed by atoms with van der Waals surface area (Å²) in [6.45, 7) is 1.65. The number of H-pyrrole nitrogens is 1. The molecule has 0 bridgehead atoms. The Balaban J connectivity index is 1.38. The van der Waals surface area contributed by atoms with E-state index < -0.39 is 0 Å². The molecule has 4 heterocycles. The van der Waals surface area contributed by atoms with Gasteiger partial charge in [-0.05, 0) is 43.6 Å². The highest BCUT2D eigenvalue weighted by Gasteiger charge is 2.36. The van der Waals surface area contributed by atoms with Gasteiger partial charge in [-0.2, -0.15) is 0 Å². The van der Waals surface area contributed by atoms with Gasteiger partial charge in [-0.3, -0.25) is 14.4 Å². The first kappa shape index (κ1) is 19.5. The molecule has 8 heteroatoms. The molecule has 0 radical (unpaired) electrons. The standard InChI is InChI=1S/C22H26N4O3S/c27-19(12-15-4-3-11-30-15)26-9-2-1-5-18(26)20-23-17-8-10-25(22(29)14-6-7-14)13-16(17)21(28)24-20/h3-4,11,14,18H,1-2,5-10,12-13H2,(H,23,24,28). The molecule has 0 spiro atoms. The molecular formula is C22H26N4O3S. The highest BCUT2D eigenvalue weighted by Crippen LogP contribution is 2.33. The summed E-state index contributed by atoms with van der Waals surface area (Å²) >= 11 is 1.59. The number of carbonyl (C=O) groups excluding carboxylic acids is 2. The van der Waals surface area contributed by atoms with Crippen LogP contribution in [-0.4, -0.2) is 44.7 Å². The van der Waals surface area contributed by atoms with E-state index in [0.29, 0.717) is 43.9 Å². The van der Waals surface area contributed by atoms with Crippen molar-refractivity contribution in [3.05, 3.63) is 49.8 Å². The molecule has 2 aromatic rings. The van der Waals surface area contributed by atoms with Crippen LogP contribution in [0.25, 0.3) is 0 Å². The van der Waals surface area contributed by atoms with Gasteiger partial charge >= 0.3 is 0 Å². The number of nitrogens with one attached hydrogen (secondary N) is 1. The first-order valence-corrected chi connectivity index (χ1v) is 11.7. The number of aromatic nitrogens is 2. The number of amides is 2. The Morgan fingerprint density at radius 3 is 2.83 bits per heavy atom. The van der Waals surface area contributed by atoms with Gasteiger partial charge in [-0.15, -0.1) is 11.3 Å². The van der Waals surface area contributed by atoms with Gasteiger partial charge in [0, 0.05) is 30.3 Å². The van der Waals surface area contributed by atoms with Crippen LogP contribution in [0, 0.1) is 5.92 Å². The number of thiophene rings is 1. The summed E-state index contributed by atoms with van der Waals surface area (Å²) in [5.41, 5.74) is 1.22. The van der Waals surface area contributed by atoms with Crippen molar-refractivity contribution < 1.29 is 9.59 Å². The Morgan fingerprint density at radius 2 is 2.07 bits per heavy atom. The summed E-state index contributed by atoms with van der Waals surface area (Å²) in [6.07, 6.45) is 5.71. The molecule has 3 aliphatic rings.